The molecule has 0 bridgehead atoms. The molecule has 24 heavy (non-hydrogen) atoms. The fourth-order valence-corrected chi connectivity index (χ4v) is 3.55. The van der Waals surface area contributed by atoms with E-state index in [2.05, 4.69) is 9.89 Å². The number of hydrogen-bond donors (Lipinski definition) is 0. The van der Waals surface area contributed by atoms with E-state index in [1.807, 2.05) is 42.5 Å². The van der Waals surface area contributed by atoms with Crippen LogP contribution in [0.15, 0.2) is 56.8 Å². The summed E-state index contributed by atoms with van der Waals surface area (Å²) in [7, 11) is 0. The first-order chi connectivity index (χ1) is 11.8. The van der Waals surface area contributed by atoms with Gasteiger partial charge >= 0.3 is 0 Å². The lowest BCUT2D eigenvalue weighted by molar-refractivity contribution is -0.113. The third kappa shape index (κ3) is 3.16. The minimum Gasteiger partial charge on any atom is -0.457 e. The van der Waals surface area contributed by atoms with Crippen molar-refractivity contribution in [2.45, 2.75) is 0 Å². The van der Waals surface area contributed by atoms with Crippen molar-refractivity contribution in [3.05, 3.63) is 53.1 Å². The SMILES string of the molecule is O=C1N=C(N2CCOCC2)SC1=Cc1ccc(-c2ccccc2)o1. The fourth-order valence-electron chi connectivity index (χ4n) is 2.61. The molecule has 0 N–H and O–H groups in total. The van der Waals surface area contributed by atoms with Gasteiger partial charge in [0.25, 0.3) is 5.91 Å². The quantitative estimate of drug-likeness (QED) is 0.786. The minimum atomic E-state index is -0.209. The summed E-state index contributed by atoms with van der Waals surface area (Å²) in [5, 5.41) is 0.754. The molecule has 1 fully saturated rings. The highest BCUT2D eigenvalue weighted by Crippen LogP contribution is 2.31. The van der Waals surface area contributed by atoms with E-state index >= 15 is 0 Å². The Morgan fingerprint density at radius 3 is 2.67 bits per heavy atom. The van der Waals surface area contributed by atoms with Crippen molar-refractivity contribution in [3.63, 3.8) is 0 Å². The van der Waals surface area contributed by atoms with Crippen molar-refractivity contribution in [3.8, 4) is 11.3 Å². The molecule has 122 valence electrons. The van der Waals surface area contributed by atoms with Gasteiger partial charge in [0.2, 0.25) is 0 Å². The molecule has 1 saturated heterocycles. The van der Waals surface area contributed by atoms with Crippen LogP contribution >= 0.6 is 11.8 Å². The van der Waals surface area contributed by atoms with Crippen molar-refractivity contribution in [1.82, 2.24) is 4.90 Å². The van der Waals surface area contributed by atoms with Crippen LogP contribution < -0.4 is 0 Å². The van der Waals surface area contributed by atoms with Crippen molar-refractivity contribution >= 4 is 28.9 Å². The molecule has 3 heterocycles. The maximum absolute atomic E-state index is 12.1. The second kappa shape index (κ2) is 6.67. The summed E-state index contributed by atoms with van der Waals surface area (Å²) in [4.78, 5) is 19.0. The van der Waals surface area contributed by atoms with Gasteiger partial charge in [-0.15, -0.1) is 0 Å². The molecular weight excluding hydrogens is 324 g/mol. The summed E-state index contributed by atoms with van der Waals surface area (Å²) >= 11 is 1.40. The van der Waals surface area contributed by atoms with E-state index < -0.39 is 0 Å². The molecule has 0 radical (unpaired) electrons. The normalized spacial score (nSPS) is 19.8. The first kappa shape index (κ1) is 15.2. The highest BCUT2D eigenvalue weighted by molar-refractivity contribution is 8.18. The molecular formula is C18H16N2O3S. The van der Waals surface area contributed by atoms with Crippen LogP contribution in [-0.2, 0) is 9.53 Å². The van der Waals surface area contributed by atoms with Crippen molar-refractivity contribution in [1.29, 1.82) is 0 Å². The lowest BCUT2D eigenvalue weighted by Gasteiger charge is -2.27. The maximum atomic E-state index is 12.1. The van der Waals surface area contributed by atoms with Gasteiger partial charge in [-0.3, -0.25) is 4.79 Å². The minimum absolute atomic E-state index is 0.209. The maximum Gasteiger partial charge on any atom is 0.286 e. The Hall–Kier alpha value is -2.31. The topological polar surface area (TPSA) is 55.0 Å². The number of hydrogen-bond acceptors (Lipinski definition) is 5. The summed E-state index contributed by atoms with van der Waals surface area (Å²) < 4.78 is 11.2. The van der Waals surface area contributed by atoms with E-state index in [9.17, 15) is 4.79 Å². The number of furan rings is 1. The molecule has 0 spiro atoms. The molecule has 0 unspecified atom stereocenters. The fraction of sp³-hybridized carbons (Fsp3) is 0.222. The first-order valence-corrected chi connectivity index (χ1v) is 8.62. The Kier molecular flexibility index (Phi) is 4.23. The van der Waals surface area contributed by atoms with Gasteiger partial charge in [-0.25, -0.2) is 0 Å². The monoisotopic (exact) mass is 340 g/mol. The van der Waals surface area contributed by atoms with Gasteiger partial charge in [-0.1, -0.05) is 30.3 Å². The van der Waals surface area contributed by atoms with Crippen LogP contribution in [-0.4, -0.2) is 42.3 Å². The standard InChI is InChI=1S/C18H16N2O3S/c21-17-16(24-18(19-17)20-8-10-22-11-9-20)12-14-6-7-15(23-14)13-4-2-1-3-5-13/h1-7,12H,8-11H2. The largest absolute Gasteiger partial charge is 0.457 e. The van der Waals surface area contributed by atoms with E-state index in [4.69, 9.17) is 9.15 Å². The summed E-state index contributed by atoms with van der Waals surface area (Å²) in [6.07, 6.45) is 1.76. The molecule has 1 aromatic carbocycles. The Morgan fingerprint density at radius 1 is 1.08 bits per heavy atom. The zero-order valence-electron chi connectivity index (χ0n) is 13.0. The number of amidine groups is 1. The molecule has 2 aliphatic heterocycles. The smallest absolute Gasteiger partial charge is 0.286 e. The molecule has 0 atom stereocenters. The predicted octanol–water partition coefficient (Wildman–Crippen LogP) is 3.25. The molecule has 0 saturated carbocycles. The second-order valence-electron chi connectivity index (χ2n) is 5.48. The number of aliphatic imine (C=N–C) groups is 1. The summed E-state index contributed by atoms with van der Waals surface area (Å²) in [5.74, 6) is 1.23. The van der Waals surface area contributed by atoms with E-state index in [0.29, 0.717) is 23.9 Å². The van der Waals surface area contributed by atoms with Gasteiger partial charge in [0.05, 0.1) is 18.1 Å². The lowest BCUT2D eigenvalue weighted by Crippen LogP contribution is -2.38. The highest BCUT2D eigenvalue weighted by Gasteiger charge is 2.27. The Morgan fingerprint density at radius 2 is 1.88 bits per heavy atom. The van der Waals surface area contributed by atoms with Crippen LogP contribution in [0.4, 0.5) is 0 Å². The van der Waals surface area contributed by atoms with Crippen molar-refractivity contribution in [2.75, 3.05) is 26.3 Å². The van der Waals surface area contributed by atoms with Gasteiger partial charge in [0.1, 0.15) is 11.5 Å². The average Bonchev–Trinajstić information content (AvgIpc) is 3.24. The molecule has 4 rings (SSSR count). The number of carbonyl (C=O) groups excluding carboxylic acids is 1. The number of thioether (sulfide) groups is 1. The third-order valence-electron chi connectivity index (χ3n) is 3.85. The first-order valence-electron chi connectivity index (χ1n) is 7.80. The number of benzene rings is 1. The molecule has 2 aliphatic rings. The number of carbonyl (C=O) groups is 1. The second-order valence-corrected chi connectivity index (χ2v) is 6.49. The van der Waals surface area contributed by atoms with Crippen LogP contribution in [0, 0.1) is 0 Å². The predicted molar refractivity (Wildman–Crippen MR) is 94.5 cm³/mol. The van der Waals surface area contributed by atoms with E-state index in [1.165, 1.54) is 11.8 Å². The van der Waals surface area contributed by atoms with E-state index in [0.717, 1.165) is 29.6 Å². The van der Waals surface area contributed by atoms with Gasteiger partial charge < -0.3 is 14.1 Å². The summed E-state index contributed by atoms with van der Waals surface area (Å²) in [5.41, 5.74) is 1.01. The zero-order chi connectivity index (χ0) is 16.4. The van der Waals surface area contributed by atoms with Crippen LogP contribution in [0.5, 0.6) is 0 Å². The number of rotatable bonds is 2. The summed E-state index contributed by atoms with van der Waals surface area (Å²) in [6, 6.07) is 13.7. The number of amides is 1. The third-order valence-corrected chi connectivity index (χ3v) is 4.89. The molecule has 0 aliphatic carbocycles. The Balaban J connectivity index is 1.50. The van der Waals surface area contributed by atoms with Crippen molar-refractivity contribution in [2.24, 2.45) is 4.99 Å². The van der Waals surface area contributed by atoms with Crippen LogP contribution in [0.1, 0.15) is 5.76 Å². The van der Waals surface area contributed by atoms with Gasteiger partial charge in [0, 0.05) is 24.7 Å². The average molecular weight is 340 g/mol. The van der Waals surface area contributed by atoms with Crippen LogP contribution in [0.2, 0.25) is 0 Å². The lowest BCUT2D eigenvalue weighted by atomic mass is 10.2. The van der Waals surface area contributed by atoms with Crippen molar-refractivity contribution < 1.29 is 13.9 Å². The van der Waals surface area contributed by atoms with E-state index in [-0.39, 0.29) is 5.91 Å². The number of morpholine rings is 1. The van der Waals surface area contributed by atoms with Crippen LogP contribution in [0.25, 0.3) is 17.4 Å². The van der Waals surface area contributed by atoms with Gasteiger partial charge in [-0.2, -0.15) is 4.99 Å². The number of nitrogens with zero attached hydrogens (tertiary/aromatic N) is 2. The van der Waals surface area contributed by atoms with E-state index in [1.54, 1.807) is 6.08 Å². The van der Waals surface area contributed by atoms with Crippen LogP contribution in [0.3, 0.4) is 0 Å². The molecule has 1 amide bonds. The Labute approximate surface area is 144 Å². The zero-order valence-corrected chi connectivity index (χ0v) is 13.8. The summed E-state index contributed by atoms with van der Waals surface area (Å²) in [6.45, 7) is 2.88. The molecule has 5 nitrogen and oxygen atoms in total. The van der Waals surface area contributed by atoms with Gasteiger partial charge in [0.15, 0.2) is 5.17 Å². The Bertz CT molecular complexity index is 805. The van der Waals surface area contributed by atoms with Gasteiger partial charge in [-0.05, 0) is 23.9 Å². The molecule has 6 heteroatoms. The number of ether oxygens (including phenoxy) is 1. The molecule has 1 aromatic heterocycles. The molecule has 2 aromatic rings. The highest BCUT2D eigenvalue weighted by atomic mass is 32.2.